The molecule has 0 aliphatic carbocycles. The molecule has 7 heteroatoms. The zero-order valence-electron chi connectivity index (χ0n) is 11.3. The van der Waals surface area contributed by atoms with Crippen LogP contribution in [0.3, 0.4) is 0 Å². The fraction of sp³-hybridized carbons (Fsp3) is 0.750. The van der Waals surface area contributed by atoms with Crippen LogP contribution in [0.25, 0.3) is 0 Å². The van der Waals surface area contributed by atoms with Gasteiger partial charge >= 0.3 is 0 Å². The van der Waals surface area contributed by atoms with E-state index in [4.69, 9.17) is 10.3 Å². The Kier molecular flexibility index (Phi) is 5.75. The smallest absolute Gasteiger partial charge is 0.229 e. The Morgan fingerprint density at radius 2 is 2.32 bits per heavy atom. The van der Waals surface area contributed by atoms with E-state index in [1.165, 1.54) is 0 Å². The highest BCUT2D eigenvalue weighted by Gasteiger charge is 2.33. The molecule has 2 heterocycles. The van der Waals surface area contributed by atoms with Gasteiger partial charge in [0.05, 0.1) is 6.04 Å². The molecule has 1 fully saturated rings. The summed E-state index contributed by atoms with van der Waals surface area (Å²) in [7, 11) is 0. The van der Waals surface area contributed by atoms with Gasteiger partial charge in [-0.05, 0) is 12.8 Å². The lowest BCUT2D eigenvalue weighted by atomic mass is 10.2. The molecule has 0 bridgehead atoms. The molecule has 1 saturated heterocycles. The zero-order chi connectivity index (χ0) is 13.1. The van der Waals surface area contributed by atoms with Crippen molar-refractivity contribution < 1.29 is 9.32 Å². The predicted molar refractivity (Wildman–Crippen MR) is 73.0 cm³/mol. The first kappa shape index (κ1) is 15.9. The minimum absolute atomic E-state index is 0. The molecule has 0 spiro atoms. The number of hydrogen-bond acceptors (Lipinski definition) is 5. The van der Waals surface area contributed by atoms with Crippen molar-refractivity contribution in [3.63, 3.8) is 0 Å². The molecule has 1 atom stereocenters. The lowest BCUT2D eigenvalue weighted by Gasteiger charge is -2.21. The number of nitrogens with two attached hydrogens (primary N) is 1. The topological polar surface area (TPSA) is 85.2 Å². The van der Waals surface area contributed by atoms with Crippen molar-refractivity contribution in [1.29, 1.82) is 0 Å². The third-order valence-corrected chi connectivity index (χ3v) is 3.18. The predicted octanol–water partition coefficient (Wildman–Crippen LogP) is 1.63. The van der Waals surface area contributed by atoms with Crippen LogP contribution in [0.15, 0.2) is 4.52 Å². The van der Waals surface area contributed by atoms with Crippen LogP contribution in [0.2, 0.25) is 0 Å². The third-order valence-electron chi connectivity index (χ3n) is 3.18. The molecule has 0 aromatic carbocycles. The van der Waals surface area contributed by atoms with E-state index < -0.39 is 0 Å². The number of aromatic nitrogens is 2. The Morgan fingerprint density at radius 1 is 1.58 bits per heavy atom. The Balaban J connectivity index is 0.00000180. The van der Waals surface area contributed by atoms with Crippen molar-refractivity contribution in [3.05, 3.63) is 11.7 Å². The summed E-state index contributed by atoms with van der Waals surface area (Å²) in [6.07, 6.45) is 2.26. The van der Waals surface area contributed by atoms with Crippen molar-refractivity contribution in [3.8, 4) is 0 Å². The summed E-state index contributed by atoms with van der Waals surface area (Å²) in [5.74, 6) is 1.54. The molecule has 2 N–H and O–H groups in total. The Bertz CT molecular complexity index is 422. The molecule has 1 aromatic heterocycles. The fourth-order valence-corrected chi connectivity index (χ4v) is 2.22. The number of carbonyl (C=O) groups is 1. The van der Waals surface area contributed by atoms with Gasteiger partial charge in [0.2, 0.25) is 11.8 Å². The average Bonchev–Trinajstić information content (AvgIpc) is 2.98. The monoisotopic (exact) mass is 288 g/mol. The minimum atomic E-state index is -0.0414. The Hall–Kier alpha value is -1.14. The van der Waals surface area contributed by atoms with E-state index in [-0.39, 0.29) is 30.3 Å². The van der Waals surface area contributed by atoms with Crippen LogP contribution < -0.4 is 5.73 Å². The molecule has 1 aliphatic rings. The van der Waals surface area contributed by atoms with Crippen LogP contribution in [0.5, 0.6) is 0 Å². The highest BCUT2D eigenvalue weighted by Crippen LogP contribution is 2.31. The van der Waals surface area contributed by atoms with Crippen LogP contribution in [0.1, 0.15) is 56.8 Å². The largest absolute Gasteiger partial charge is 0.339 e. The Labute approximate surface area is 119 Å². The van der Waals surface area contributed by atoms with E-state index >= 15 is 0 Å². The third kappa shape index (κ3) is 3.45. The van der Waals surface area contributed by atoms with Crippen molar-refractivity contribution >= 4 is 18.3 Å². The van der Waals surface area contributed by atoms with Crippen LogP contribution in [-0.4, -0.2) is 34.0 Å². The quantitative estimate of drug-likeness (QED) is 0.910. The van der Waals surface area contributed by atoms with Gasteiger partial charge in [0.25, 0.3) is 0 Å². The second-order valence-corrected chi connectivity index (χ2v) is 4.93. The number of halogens is 1. The number of carbonyl (C=O) groups excluding carboxylic acids is 1. The molecular formula is C12H21ClN4O2. The van der Waals surface area contributed by atoms with Gasteiger partial charge < -0.3 is 15.2 Å². The first-order valence-corrected chi connectivity index (χ1v) is 6.46. The highest BCUT2D eigenvalue weighted by atomic mass is 35.5. The van der Waals surface area contributed by atoms with Crippen molar-refractivity contribution in [2.75, 3.05) is 13.1 Å². The summed E-state index contributed by atoms with van der Waals surface area (Å²) in [5.41, 5.74) is 5.43. The average molecular weight is 289 g/mol. The molecule has 1 aromatic rings. The van der Waals surface area contributed by atoms with Gasteiger partial charge in [-0.3, -0.25) is 4.79 Å². The molecular weight excluding hydrogens is 268 g/mol. The first-order valence-electron chi connectivity index (χ1n) is 6.46. The van der Waals surface area contributed by atoms with E-state index in [1.807, 2.05) is 18.7 Å². The lowest BCUT2D eigenvalue weighted by Crippen LogP contribution is -2.32. The SMILES string of the molecule is CC(C)c1nc(C2CCCN2C(=O)CCN)no1.Cl. The van der Waals surface area contributed by atoms with Crippen molar-refractivity contribution in [2.24, 2.45) is 5.73 Å². The molecule has 1 unspecified atom stereocenters. The summed E-state index contributed by atoms with van der Waals surface area (Å²) in [5, 5.41) is 4.00. The maximum Gasteiger partial charge on any atom is 0.229 e. The molecule has 0 radical (unpaired) electrons. The molecule has 6 nitrogen and oxygen atoms in total. The Morgan fingerprint density at radius 3 is 2.89 bits per heavy atom. The van der Waals surface area contributed by atoms with Crippen molar-refractivity contribution in [2.45, 2.75) is 45.1 Å². The van der Waals surface area contributed by atoms with E-state index in [1.54, 1.807) is 0 Å². The van der Waals surface area contributed by atoms with Crippen LogP contribution in [0, 0.1) is 0 Å². The minimum Gasteiger partial charge on any atom is -0.339 e. The second kappa shape index (κ2) is 6.86. The van der Waals surface area contributed by atoms with Crippen molar-refractivity contribution in [1.82, 2.24) is 15.0 Å². The number of nitrogens with zero attached hydrogens (tertiary/aromatic N) is 3. The number of likely N-dealkylation sites (tertiary alicyclic amines) is 1. The number of rotatable bonds is 4. The van der Waals surface area contributed by atoms with Gasteiger partial charge in [0.1, 0.15) is 0 Å². The van der Waals surface area contributed by atoms with Gasteiger partial charge in [-0.25, -0.2) is 0 Å². The molecule has 1 amide bonds. The summed E-state index contributed by atoms with van der Waals surface area (Å²) in [4.78, 5) is 18.1. The maximum atomic E-state index is 11.9. The molecule has 2 rings (SSSR count). The normalized spacial score (nSPS) is 18.7. The molecule has 0 saturated carbocycles. The van der Waals surface area contributed by atoms with E-state index in [0.29, 0.717) is 24.7 Å². The summed E-state index contributed by atoms with van der Waals surface area (Å²) < 4.78 is 5.20. The number of amides is 1. The lowest BCUT2D eigenvalue weighted by molar-refractivity contribution is -0.132. The van der Waals surface area contributed by atoms with Gasteiger partial charge in [0.15, 0.2) is 5.82 Å². The number of hydrogen-bond donors (Lipinski definition) is 1. The highest BCUT2D eigenvalue weighted by molar-refractivity contribution is 5.85. The van der Waals surface area contributed by atoms with E-state index in [9.17, 15) is 4.79 Å². The summed E-state index contributed by atoms with van der Waals surface area (Å²) >= 11 is 0. The van der Waals surface area contributed by atoms with Crippen LogP contribution >= 0.6 is 12.4 Å². The fourth-order valence-electron chi connectivity index (χ4n) is 2.22. The van der Waals surface area contributed by atoms with Gasteiger partial charge in [-0.15, -0.1) is 12.4 Å². The van der Waals surface area contributed by atoms with Crippen LogP contribution in [0.4, 0.5) is 0 Å². The van der Waals surface area contributed by atoms with E-state index in [2.05, 4.69) is 10.1 Å². The van der Waals surface area contributed by atoms with Crippen LogP contribution in [-0.2, 0) is 4.79 Å². The van der Waals surface area contributed by atoms with E-state index in [0.717, 1.165) is 19.4 Å². The van der Waals surface area contributed by atoms with Gasteiger partial charge in [-0.1, -0.05) is 19.0 Å². The standard InChI is InChI=1S/C12H20N4O2.ClH/c1-8(2)12-14-11(15-18-12)9-4-3-7-16(9)10(17)5-6-13;/h8-9H,3-7,13H2,1-2H3;1H. The summed E-state index contributed by atoms with van der Waals surface area (Å²) in [6, 6.07) is -0.0414. The van der Waals surface area contributed by atoms with Gasteiger partial charge in [0, 0.05) is 25.4 Å². The molecule has 19 heavy (non-hydrogen) atoms. The second-order valence-electron chi connectivity index (χ2n) is 4.93. The molecule has 108 valence electrons. The molecule has 1 aliphatic heterocycles. The maximum absolute atomic E-state index is 11.9. The first-order chi connectivity index (χ1) is 8.63. The zero-order valence-corrected chi connectivity index (χ0v) is 12.2. The van der Waals surface area contributed by atoms with Gasteiger partial charge in [-0.2, -0.15) is 4.98 Å². The summed E-state index contributed by atoms with van der Waals surface area (Å²) in [6.45, 7) is 5.15.